The maximum Gasteiger partial charge on any atom is 0.309 e. The van der Waals surface area contributed by atoms with E-state index in [9.17, 15) is 14.4 Å². The molecule has 1 aromatic rings. The molecule has 0 atom stereocenters. The van der Waals surface area contributed by atoms with Crippen LogP contribution in [0.1, 0.15) is 25.3 Å². The molecule has 0 spiro atoms. The van der Waals surface area contributed by atoms with Crippen LogP contribution in [0, 0.1) is 5.92 Å². The van der Waals surface area contributed by atoms with Crippen LogP contribution in [0.25, 0.3) is 6.08 Å². The Morgan fingerprint density at radius 2 is 1.93 bits per heavy atom. The number of hydrogen-bond acceptors (Lipinski definition) is 4. The molecule has 1 aromatic carbocycles. The molecule has 1 heterocycles. The normalized spacial score (nSPS) is 15.0. The summed E-state index contributed by atoms with van der Waals surface area (Å²) in [6.07, 6.45) is 4.22. The van der Waals surface area contributed by atoms with Gasteiger partial charge in [0.2, 0.25) is 11.8 Å². The highest BCUT2D eigenvalue weighted by molar-refractivity contribution is 6.32. The predicted molar refractivity (Wildman–Crippen MR) is 104 cm³/mol. The van der Waals surface area contributed by atoms with Crippen LogP contribution in [-0.4, -0.2) is 60.9 Å². The van der Waals surface area contributed by atoms with Gasteiger partial charge in [-0.15, -0.1) is 0 Å². The Kier molecular flexibility index (Phi) is 7.85. The SMILES string of the molecule is CCOC(=O)C1CCN(C(=O)CN(C)C(=O)/C=C/c2ccccc2Cl)CC1. The molecule has 27 heavy (non-hydrogen) atoms. The maximum absolute atomic E-state index is 12.4. The zero-order chi connectivity index (χ0) is 19.8. The van der Waals surface area contributed by atoms with Gasteiger partial charge in [-0.05, 0) is 37.5 Å². The van der Waals surface area contributed by atoms with Gasteiger partial charge in [0.05, 0.1) is 19.1 Å². The quantitative estimate of drug-likeness (QED) is 0.551. The van der Waals surface area contributed by atoms with Gasteiger partial charge in [0, 0.05) is 31.2 Å². The van der Waals surface area contributed by atoms with Crippen molar-refractivity contribution in [3.05, 3.63) is 40.9 Å². The van der Waals surface area contributed by atoms with Gasteiger partial charge in [0.25, 0.3) is 0 Å². The Bertz CT molecular complexity index is 712. The smallest absolute Gasteiger partial charge is 0.309 e. The van der Waals surface area contributed by atoms with Crippen LogP contribution >= 0.6 is 11.6 Å². The maximum atomic E-state index is 12.4. The Morgan fingerprint density at radius 3 is 2.56 bits per heavy atom. The van der Waals surface area contributed by atoms with Gasteiger partial charge in [-0.3, -0.25) is 14.4 Å². The Morgan fingerprint density at radius 1 is 1.26 bits per heavy atom. The van der Waals surface area contributed by atoms with E-state index in [4.69, 9.17) is 16.3 Å². The van der Waals surface area contributed by atoms with Gasteiger partial charge in [-0.2, -0.15) is 0 Å². The van der Waals surface area contributed by atoms with Crippen molar-refractivity contribution in [2.75, 3.05) is 33.3 Å². The minimum Gasteiger partial charge on any atom is -0.466 e. The fourth-order valence-corrected chi connectivity index (χ4v) is 3.10. The fraction of sp³-hybridized carbons (Fsp3) is 0.450. The monoisotopic (exact) mass is 392 g/mol. The average molecular weight is 393 g/mol. The highest BCUT2D eigenvalue weighted by Gasteiger charge is 2.28. The first kappa shape index (κ1) is 21.0. The molecule has 1 aliphatic rings. The third-order valence-electron chi connectivity index (χ3n) is 4.53. The number of carbonyl (C=O) groups is 3. The van der Waals surface area contributed by atoms with E-state index < -0.39 is 0 Å². The minimum atomic E-state index is -0.273. The molecule has 0 N–H and O–H groups in total. The van der Waals surface area contributed by atoms with Crippen molar-refractivity contribution in [2.45, 2.75) is 19.8 Å². The Balaban J connectivity index is 1.82. The highest BCUT2D eigenvalue weighted by Crippen LogP contribution is 2.19. The number of halogens is 1. The Labute approximate surface area is 164 Å². The van der Waals surface area contributed by atoms with E-state index in [-0.39, 0.29) is 30.2 Å². The van der Waals surface area contributed by atoms with Gasteiger partial charge >= 0.3 is 5.97 Å². The molecule has 7 heteroatoms. The average Bonchev–Trinajstić information content (AvgIpc) is 2.67. The first-order valence-electron chi connectivity index (χ1n) is 9.04. The van der Waals surface area contributed by atoms with E-state index >= 15 is 0 Å². The zero-order valence-corrected chi connectivity index (χ0v) is 16.4. The second-order valence-corrected chi connectivity index (χ2v) is 6.86. The lowest BCUT2D eigenvalue weighted by molar-refractivity contribution is -0.151. The van der Waals surface area contributed by atoms with Crippen molar-refractivity contribution < 1.29 is 19.1 Å². The van der Waals surface area contributed by atoms with Gasteiger partial charge in [0.15, 0.2) is 0 Å². The lowest BCUT2D eigenvalue weighted by Gasteiger charge is -2.32. The number of carbonyl (C=O) groups excluding carboxylic acids is 3. The van der Waals surface area contributed by atoms with Crippen LogP contribution in [-0.2, 0) is 19.1 Å². The first-order chi connectivity index (χ1) is 12.9. The van der Waals surface area contributed by atoms with Gasteiger partial charge in [-0.25, -0.2) is 0 Å². The lowest BCUT2D eigenvalue weighted by atomic mass is 9.97. The molecule has 6 nitrogen and oxygen atoms in total. The number of esters is 1. The summed E-state index contributed by atoms with van der Waals surface area (Å²) in [6.45, 7) is 3.14. The van der Waals surface area contributed by atoms with Crippen molar-refractivity contribution in [3.63, 3.8) is 0 Å². The summed E-state index contributed by atoms with van der Waals surface area (Å²) in [5.74, 6) is -0.738. The summed E-state index contributed by atoms with van der Waals surface area (Å²) in [6, 6.07) is 7.21. The third kappa shape index (κ3) is 6.10. The standard InChI is InChI=1S/C20H25ClN2O4/c1-3-27-20(26)16-10-12-23(13-11-16)19(25)14-22(2)18(24)9-8-15-6-4-5-7-17(15)21/h4-9,16H,3,10-14H2,1-2H3/b9-8+. The van der Waals surface area contributed by atoms with E-state index in [2.05, 4.69) is 0 Å². The van der Waals surface area contributed by atoms with Crippen LogP contribution < -0.4 is 0 Å². The zero-order valence-electron chi connectivity index (χ0n) is 15.7. The van der Waals surface area contributed by atoms with Gasteiger partial charge < -0.3 is 14.5 Å². The van der Waals surface area contributed by atoms with E-state index in [1.54, 1.807) is 31.0 Å². The fourth-order valence-electron chi connectivity index (χ4n) is 2.90. The number of likely N-dealkylation sites (N-methyl/N-ethyl adjacent to an activating group) is 1. The summed E-state index contributed by atoms with van der Waals surface area (Å²) in [5.41, 5.74) is 0.744. The number of piperidine rings is 1. The molecule has 146 valence electrons. The molecule has 1 saturated heterocycles. The number of rotatable bonds is 6. The number of benzene rings is 1. The molecular formula is C20H25ClN2O4. The molecule has 2 amide bonds. The Hall–Kier alpha value is -2.34. The molecule has 0 bridgehead atoms. The number of nitrogens with zero attached hydrogens (tertiary/aromatic N) is 2. The molecule has 0 aromatic heterocycles. The topological polar surface area (TPSA) is 66.9 Å². The van der Waals surface area contributed by atoms with Crippen molar-refractivity contribution in [3.8, 4) is 0 Å². The molecule has 0 saturated carbocycles. The van der Waals surface area contributed by atoms with Crippen molar-refractivity contribution in [1.82, 2.24) is 9.80 Å². The van der Waals surface area contributed by atoms with Crippen LogP contribution in [0.2, 0.25) is 5.02 Å². The third-order valence-corrected chi connectivity index (χ3v) is 4.87. The summed E-state index contributed by atoms with van der Waals surface area (Å²) < 4.78 is 5.03. The molecule has 0 aliphatic carbocycles. The molecule has 1 fully saturated rings. The van der Waals surface area contributed by atoms with Crippen LogP contribution in [0.4, 0.5) is 0 Å². The molecule has 1 aliphatic heterocycles. The van der Waals surface area contributed by atoms with Crippen LogP contribution in [0.15, 0.2) is 30.3 Å². The molecular weight excluding hydrogens is 368 g/mol. The largest absolute Gasteiger partial charge is 0.466 e. The number of likely N-dealkylation sites (tertiary alicyclic amines) is 1. The predicted octanol–water partition coefficient (Wildman–Crippen LogP) is 2.61. The van der Waals surface area contributed by atoms with Crippen molar-refractivity contribution in [2.24, 2.45) is 5.92 Å². The van der Waals surface area contributed by atoms with E-state index in [0.717, 1.165) is 5.56 Å². The summed E-state index contributed by atoms with van der Waals surface area (Å²) in [7, 11) is 1.59. The van der Waals surface area contributed by atoms with Gasteiger partial charge in [-0.1, -0.05) is 29.8 Å². The highest BCUT2D eigenvalue weighted by atomic mass is 35.5. The number of hydrogen-bond donors (Lipinski definition) is 0. The molecule has 0 radical (unpaired) electrons. The second-order valence-electron chi connectivity index (χ2n) is 6.46. The first-order valence-corrected chi connectivity index (χ1v) is 9.42. The summed E-state index contributed by atoms with van der Waals surface area (Å²) in [5, 5.41) is 0.560. The summed E-state index contributed by atoms with van der Waals surface area (Å²) >= 11 is 6.06. The van der Waals surface area contributed by atoms with Gasteiger partial charge in [0.1, 0.15) is 0 Å². The number of amides is 2. The summed E-state index contributed by atoms with van der Waals surface area (Å²) in [4.78, 5) is 39.5. The van der Waals surface area contributed by atoms with E-state index in [1.807, 2.05) is 18.2 Å². The number of ether oxygens (including phenoxy) is 1. The van der Waals surface area contributed by atoms with Crippen LogP contribution in [0.5, 0.6) is 0 Å². The van der Waals surface area contributed by atoms with Crippen molar-refractivity contribution in [1.29, 1.82) is 0 Å². The van der Waals surface area contributed by atoms with E-state index in [0.29, 0.717) is 37.6 Å². The molecule has 0 unspecified atom stereocenters. The molecule has 2 rings (SSSR count). The van der Waals surface area contributed by atoms with E-state index in [1.165, 1.54) is 11.0 Å². The lowest BCUT2D eigenvalue weighted by Crippen LogP contribution is -2.45. The minimum absolute atomic E-state index is 0.00420. The van der Waals surface area contributed by atoms with Crippen molar-refractivity contribution >= 4 is 35.5 Å². The second kappa shape index (κ2) is 10.1. The van der Waals surface area contributed by atoms with Crippen LogP contribution in [0.3, 0.4) is 0 Å².